The Kier molecular flexibility index (Phi) is 4.91. The largest absolute Gasteiger partial charge is 0.342 e. The number of aromatic nitrogens is 1. The van der Waals surface area contributed by atoms with Crippen LogP contribution in [-0.2, 0) is 11.2 Å². The quantitative estimate of drug-likeness (QED) is 0.892. The van der Waals surface area contributed by atoms with Gasteiger partial charge in [0.15, 0.2) is 0 Å². The molecule has 0 aromatic carbocycles. The first-order valence-electron chi connectivity index (χ1n) is 7.07. The number of piperidine rings is 1. The van der Waals surface area contributed by atoms with Gasteiger partial charge in [-0.1, -0.05) is 13.0 Å². The van der Waals surface area contributed by atoms with Crippen LogP contribution in [0.25, 0.3) is 0 Å². The van der Waals surface area contributed by atoms with Crippen molar-refractivity contribution in [1.29, 1.82) is 0 Å². The van der Waals surface area contributed by atoms with Crippen molar-refractivity contribution in [2.45, 2.75) is 26.2 Å². The van der Waals surface area contributed by atoms with Crippen molar-refractivity contribution < 1.29 is 4.79 Å². The zero-order valence-electron chi connectivity index (χ0n) is 11.6. The summed E-state index contributed by atoms with van der Waals surface area (Å²) >= 11 is 0. The minimum Gasteiger partial charge on any atom is -0.342 e. The van der Waals surface area contributed by atoms with Crippen LogP contribution in [0.3, 0.4) is 0 Å². The lowest BCUT2D eigenvalue weighted by Gasteiger charge is -2.36. The molecule has 0 spiro atoms. The summed E-state index contributed by atoms with van der Waals surface area (Å²) < 4.78 is 0. The lowest BCUT2D eigenvalue weighted by atomic mass is 9.87. The van der Waals surface area contributed by atoms with Gasteiger partial charge < -0.3 is 10.6 Å². The number of pyridine rings is 1. The van der Waals surface area contributed by atoms with Crippen LogP contribution in [0.2, 0.25) is 0 Å². The normalized spacial score (nSPS) is 23.4. The van der Waals surface area contributed by atoms with Gasteiger partial charge in [0.1, 0.15) is 0 Å². The molecule has 1 aliphatic heterocycles. The molecular formula is C15H23N3O. The summed E-state index contributed by atoms with van der Waals surface area (Å²) in [5, 5.41) is 0. The van der Waals surface area contributed by atoms with Gasteiger partial charge in [-0.2, -0.15) is 0 Å². The van der Waals surface area contributed by atoms with E-state index in [-0.39, 0.29) is 5.91 Å². The molecule has 2 unspecified atom stereocenters. The molecule has 4 heteroatoms. The van der Waals surface area contributed by atoms with Crippen molar-refractivity contribution >= 4 is 5.91 Å². The molecule has 19 heavy (non-hydrogen) atoms. The van der Waals surface area contributed by atoms with Crippen molar-refractivity contribution in [1.82, 2.24) is 9.88 Å². The molecule has 2 rings (SSSR count). The zero-order valence-corrected chi connectivity index (χ0v) is 11.6. The molecule has 1 aromatic rings. The molecular weight excluding hydrogens is 238 g/mol. The van der Waals surface area contributed by atoms with Crippen LogP contribution in [0.1, 0.15) is 25.3 Å². The molecule has 1 amide bonds. The molecule has 4 nitrogen and oxygen atoms in total. The Morgan fingerprint density at radius 3 is 3.11 bits per heavy atom. The van der Waals surface area contributed by atoms with Gasteiger partial charge >= 0.3 is 0 Å². The fourth-order valence-electron chi connectivity index (χ4n) is 2.64. The van der Waals surface area contributed by atoms with Crippen molar-refractivity contribution in [3.63, 3.8) is 0 Å². The second-order valence-electron chi connectivity index (χ2n) is 5.46. The van der Waals surface area contributed by atoms with Crippen LogP contribution in [0.15, 0.2) is 24.5 Å². The number of rotatable bonds is 4. The Morgan fingerprint density at radius 2 is 2.42 bits per heavy atom. The fraction of sp³-hybridized carbons (Fsp3) is 0.600. The summed E-state index contributed by atoms with van der Waals surface area (Å²) in [7, 11) is 0. The van der Waals surface area contributed by atoms with Gasteiger partial charge in [-0.05, 0) is 42.9 Å². The third-order valence-electron chi connectivity index (χ3n) is 4.12. The molecule has 104 valence electrons. The Balaban J connectivity index is 1.83. The van der Waals surface area contributed by atoms with Gasteiger partial charge in [-0.15, -0.1) is 0 Å². The number of hydrogen-bond acceptors (Lipinski definition) is 3. The van der Waals surface area contributed by atoms with Gasteiger partial charge in [0.2, 0.25) is 5.91 Å². The molecule has 1 aromatic heterocycles. The van der Waals surface area contributed by atoms with Gasteiger partial charge in [-0.25, -0.2) is 0 Å². The SMILES string of the molecule is CC1CCN(C(=O)CCc2cccnc2)CC1CN. The summed E-state index contributed by atoms with van der Waals surface area (Å²) in [5.41, 5.74) is 6.90. The monoisotopic (exact) mass is 261 g/mol. The van der Waals surface area contributed by atoms with Crippen molar-refractivity contribution in [2.75, 3.05) is 19.6 Å². The highest BCUT2D eigenvalue weighted by atomic mass is 16.2. The highest BCUT2D eigenvalue weighted by Crippen LogP contribution is 2.22. The Labute approximate surface area is 115 Å². The number of carbonyl (C=O) groups excluding carboxylic acids is 1. The third kappa shape index (κ3) is 3.77. The van der Waals surface area contributed by atoms with E-state index in [4.69, 9.17) is 5.73 Å². The van der Waals surface area contributed by atoms with Gasteiger partial charge in [0.05, 0.1) is 0 Å². The third-order valence-corrected chi connectivity index (χ3v) is 4.12. The summed E-state index contributed by atoms with van der Waals surface area (Å²) in [5.74, 6) is 1.33. The first-order chi connectivity index (χ1) is 9.20. The fourth-order valence-corrected chi connectivity index (χ4v) is 2.64. The summed E-state index contributed by atoms with van der Waals surface area (Å²) in [6, 6.07) is 3.92. The topological polar surface area (TPSA) is 59.2 Å². The van der Waals surface area contributed by atoms with Gasteiger partial charge in [-0.3, -0.25) is 9.78 Å². The van der Waals surface area contributed by atoms with Crippen LogP contribution in [0.4, 0.5) is 0 Å². The summed E-state index contributed by atoms with van der Waals surface area (Å²) in [6.45, 7) is 4.61. The molecule has 2 heterocycles. The van der Waals surface area contributed by atoms with Crippen LogP contribution in [-0.4, -0.2) is 35.4 Å². The predicted octanol–water partition coefficient (Wildman–Crippen LogP) is 1.46. The zero-order chi connectivity index (χ0) is 13.7. The lowest BCUT2D eigenvalue weighted by molar-refractivity contribution is -0.133. The molecule has 1 aliphatic rings. The van der Waals surface area contributed by atoms with Crippen LogP contribution in [0, 0.1) is 11.8 Å². The van der Waals surface area contributed by atoms with Crippen LogP contribution >= 0.6 is 0 Å². The minimum atomic E-state index is 0.245. The number of nitrogens with two attached hydrogens (primary N) is 1. The highest BCUT2D eigenvalue weighted by Gasteiger charge is 2.27. The number of nitrogens with zero attached hydrogens (tertiary/aromatic N) is 2. The highest BCUT2D eigenvalue weighted by molar-refractivity contribution is 5.76. The molecule has 0 bridgehead atoms. The van der Waals surface area contributed by atoms with E-state index >= 15 is 0 Å². The number of aryl methyl sites for hydroxylation is 1. The van der Waals surface area contributed by atoms with E-state index in [2.05, 4.69) is 11.9 Å². The Morgan fingerprint density at radius 1 is 1.58 bits per heavy atom. The first kappa shape index (κ1) is 14.0. The van der Waals surface area contributed by atoms with Crippen molar-refractivity contribution in [2.24, 2.45) is 17.6 Å². The van der Waals surface area contributed by atoms with Crippen LogP contribution < -0.4 is 5.73 Å². The Hall–Kier alpha value is -1.42. The molecule has 0 radical (unpaired) electrons. The maximum atomic E-state index is 12.2. The number of hydrogen-bond donors (Lipinski definition) is 1. The van der Waals surface area contributed by atoms with E-state index in [1.54, 1.807) is 6.20 Å². The van der Waals surface area contributed by atoms with Crippen molar-refractivity contribution in [3.8, 4) is 0 Å². The second-order valence-corrected chi connectivity index (χ2v) is 5.46. The van der Waals surface area contributed by atoms with E-state index in [9.17, 15) is 4.79 Å². The number of amides is 1. The second kappa shape index (κ2) is 6.66. The van der Waals surface area contributed by atoms with Crippen molar-refractivity contribution in [3.05, 3.63) is 30.1 Å². The maximum absolute atomic E-state index is 12.2. The van der Waals surface area contributed by atoms with Gasteiger partial charge in [0, 0.05) is 31.9 Å². The van der Waals surface area contributed by atoms with Gasteiger partial charge in [0.25, 0.3) is 0 Å². The molecule has 1 fully saturated rings. The average molecular weight is 261 g/mol. The summed E-state index contributed by atoms with van der Waals surface area (Å²) in [6.07, 6.45) is 5.99. The predicted molar refractivity (Wildman–Crippen MR) is 75.5 cm³/mol. The minimum absolute atomic E-state index is 0.245. The van der Waals surface area contributed by atoms with E-state index in [1.165, 1.54) is 0 Å². The molecule has 1 saturated heterocycles. The van der Waals surface area contributed by atoms with E-state index in [1.807, 2.05) is 23.2 Å². The van der Waals surface area contributed by atoms with E-state index in [0.29, 0.717) is 24.8 Å². The standard InChI is InChI=1S/C15H23N3O/c1-12-6-8-18(11-14(12)9-16)15(19)5-4-13-3-2-7-17-10-13/h2-3,7,10,12,14H,4-6,8-9,11,16H2,1H3. The smallest absolute Gasteiger partial charge is 0.222 e. The maximum Gasteiger partial charge on any atom is 0.222 e. The van der Waals surface area contributed by atoms with E-state index < -0.39 is 0 Å². The average Bonchev–Trinajstić information content (AvgIpc) is 2.46. The number of likely N-dealkylation sites (tertiary alicyclic amines) is 1. The Bertz CT molecular complexity index is 407. The first-order valence-corrected chi connectivity index (χ1v) is 7.07. The number of carbonyl (C=O) groups is 1. The molecule has 0 saturated carbocycles. The molecule has 0 aliphatic carbocycles. The summed E-state index contributed by atoms with van der Waals surface area (Å²) in [4.78, 5) is 18.3. The molecule has 2 N–H and O–H groups in total. The lowest BCUT2D eigenvalue weighted by Crippen LogP contribution is -2.45. The van der Waals surface area contributed by atoms with Crippen LogP contribution in [0.5, 0.6) is 0 Å². The molecule has 2 atom stereocenters. The van der Waals surface area contributed by atoms with E-state index in [0.717, 1.165) is 31.5 Å².